The molecule has 0 aliphatic heterocycles. The van der Waals surface area contributed by atoms with Crippen LogP contribution in [-0.4, -0.2) is 29.8 Å². The largest absolute Gasteiger partial charge is 0.338 e. The summed E-state index contributed by atoms with van der Waals surface area (Å²) in [6.45, 7) is 6.94. The van der Waals surface area contributed by atoms with Crippen LogP contribution in [0.1, 0.15) is 70.8 Å². The highest BCUT2D eigenvalue weighted by Crippen LogP contribution is 2.28. The molecule has 1 aliphatic rings. The zero-order valence-corrected chi connectivity index (χ0v) is 18.3. The number of amides is 3. The van der Waals surface area contributed by atoms with Gasteiger partial charge in [-0.25, -0.2) is 4.79 Å². The third-order valence-corrected chi connectivity index (χ3v) is 6.45. The van der Waals surface area contributed by atoms with Gasteiger partial charge < -0.3 is 16.0 Å². The molecule has 156 valence electrons. The van der Waals surface area contributed by atoms with Gasteiger partial charge in [0.2, 0.25) is 5.91 Å². The normalized spacial score (nSPS) is 15.7. The summed E-state index contributed by atoms with van der Waals surface area (Å²) < 4.78 is 0. The van der Waals surface area contributed by atoms with Gasteiger partial charge in [0.05, 0.1) is 0 Å². The minimum atomic E-state index is -0.113. The highest BCUT2D eigenvalue weighted by molar-refractivity contribution is 7.99. The van der Waals surface area contributed by atoms with Crippen molar-refractivity contribution in [1.29, 1.82) is 0 Å². The Hall–Kier alpha value is -1.69. The molecule has 3 amide bonds. The Kier molecular flexibility index (Phi) is 9.68. The number of thioether (sulfide) groups is 1. The molecule has 0 bridgehead atoms. The van der Waals surface area contributed by atoms with Crippen molar-refractivity contribution in [2.75, 3.05) is 11.9 Å². The summed E-state index contributed by atoms with van der Waals surface area (Å²) in [5.74, 6) is -0.0140. The fourth-order valence-corrected chi connectivity index (χ4v) is 4.33. The summed E-state index contributed by atoms with van der Waals surface area (Å²) in [4.78, 5) is 25.3. The summed E-state index contributed by atoms with van der Waals surface area (Å²) in [7, 11) is 0. The van der Waals surface area contributed by atoms with E-state index in [1.54, 1.807) is 0 Å². The summed E-state index contributed by atoms with van der Waals surface area (Å²) in [5.41, 5.74) is 1.94. The van der Waals surface area contributed by atoms with E-state index in [4.69, 9.17) is 0 Å². The summed E-state index contributed by atoms with van der Waals surface area (Å²) in [6, 6.07) is 6.37. The monoisotopic (exact) mass is 405 g/mol. The van der Waals surface area contributed by atoms with Crippen LogP contribution in [-0.2, 0) is 4.79 Å². The molecule has 2 rings (SSSR count). The maximum Gasteiger partial charge on any atom is 0.315 e. The van der Waals surface area contributed by atoms with Crippen LogP contribution in [0.25, 0.3) is 0 Å². The van der Waals surface area contributed by atoms with E-state index in [2.05, 4.69) is 41.9 Å². The second kappa shape index (κ2) is 12.0. The van der Waals surface area contributed by atoms with Gasteiger partial charge >= 0.3 is 6.03 Å². The van der Waals surface area contributed by atoms with E-state index in [1.807, 2.05) is 24.8 Å². The van der Waals surface area contributed by atoms with Crippen LogP contribution in [0.3, 0.4) is 0 Å². The quantitative estimate of drug-likeness (QED) is 0.389. The molecule has 1 unspecified atom stereocenters. The number of rotatable bonds is 9. The lowest BCUT2D eigenvalue weighted by atomic mass is 9.96. The van der Waals surface area contributed by atoms with Crippen LogP contribution >= 0.6 is 11.8 Å². The Labute approximate surface area is 173 Å². The van der Waals surface area contributed by atoms with Crippen molar-refractivity contribution in [2.24, 2.45) is 0 Å². The highest BCUT2D eigenvalue weighted by Gasteiger charge is 2.15. The van der Waals surface area contributed by atoms with E-state index >= 15 is 0 Å². The smallest absolute Gasteiger partial charge is 0.315 e. The van der Waals surface area contributed by atoms with Crippen molar-refractivity contribution in [2.45, 2.75) is 88.3 Å². The van der Waals surface area contributed by atoms with E-state index in [0.29, 0.717) is 30.7 Å². The fourth-order valence-electron chi connectivity index (χ4n) is 3.31. The van der Waals surface area contributed by atoms with Crippen molar-refractivity contribution in [3.05, 3.63) is 23.8 Å². The molecular formula is C22H35N3O2S. The van der Waals surface area contributed by atoms with Gasteiger partial charge in [-0.05, 0) is 56.4 Å². The lowest BCUT2D eigenvalue weighted by molar-refractivity contribution is -0.116. The van der Waals surface area contributed by atoms with E-state index in [-0.39, 0.29) is 11.9 Å². The van der Waals surface area contributed by atoms with Crippen LogP contribution in [0.2, 0.25) is 0 Å². The number of anilines is 1. The predicted molar refractivity (Wildman–Crippen MR) is 118 cm³/mol. The SMILES string of the molecule is CCC(C)Sc1ccc(NC(=O)CCCNC(=O)NC2CCCCC2)c(C)c1. The molecule has 3 N–H and O–H groups in total. The molecule has 6 heteroatoms. The van der Waals surface area contributed by atoms with Gasteiger partial charge in [0, 0.05) is 34.8 Å². The molecule has 0 heterocycles. The van der Waals surface area contributed by atoms with E-state index in [9.17, 15) is 9.59 Å². The van der Waals surface area contributed by atoms with Crippen molar-refractivity contribution in [3.63, 3.8) is 0 Å². The van der Waals surface area contributed by atoms with Crippen molar-refractivity contribution in [1.82, 2.24) is 10.6 Å². The molecule has 1 aromatic carbocycles. The minimum absolute atomic E-state index is 0.0140. The van der Waals surface area contributed by atoms with E-state index < -0.39 is 0 Å². The number of benzene rings is 1. The number of carbonyl (C=O) groups is 2. The molecular weight excluding hydrogens is 370 g/mol. The third kappa shape index (κ3) is 8.13. The van der Waals surface area contributed by atoms with Crippen LogP contribution < -0.4 is 16.0 Å². The fraction of sp³-hybridized carbons (Fsp3) is 0.636. The van der Waals surface area contributed by atoms with Gasteiger partial charge in [0.25, 0.3) is 0 Å². The lowest BCUT2D eigenvalue weighted by Gasteiger charge is -2.22. The Morgan fingerprint density at radius 1 is 1.21 bits per heavy atom. The van der Waals surface area contributed by atoms with Crippen LogP contribution in [0.4, 0.5) is 10.5 Å². The Bertz CT molecular complexity index is 645. The molecule has 0 aromatic heterocycles. The van der Waals surface area contributed by atoms with Crippen LogP contribution in [0.5, 0.6) is 0 Å². The van der Waals surface area contributed by atoms with Gasteiger partial charge in [0.15, 0.2) is 0 Å². The van der Waals surface area contributed by atoms with Gasteiger partial charge in [-0.2, -0.15) is 0 Å². The zero-order valence-electron chi connectivity index (χ0n) is 17.5. The molecule has 1 aliphatic carbocycles. The Morgan fingerprint density at radius 3 is 2.64 bits per heavy atom. The zero-order chi connectivity index (χ0) is 20.4. The first-order valence-electron chi connectivity index (χ1n) is 10.6. The summed E-state index contributed by atoms with van der Waals surface area (Å²) >= 11 is 1.86. The second-order valence-corrected chi connectivity index (χ2v) is 9.21. The molecule has 0 saturated heterocycles. The number of aryl methyl sites for hydroxylation is 1. The van der Waals surface area contributed by atoms with Crippen molar-refractivity contribution >= 4 is 29.4 Å². The minimum Gasteiger partial charge on any atom is -0.338 e. The van der Waals surface area contributed by atoms with E-state index in [0.717, 1.165) is 30.5 Å². The summed E-state index contributed by atoms with van der Waals surface area (Å²) in [6.07, 6.45) is 7.97. The summed E-state index contributed by atoms with van der Waals surface area (Å²) in [5, 5.41) is 9.45. The molecule has 28 heavy (non-hydrogen) atoms. The van der Waals surface area contributed by atoms with Crippen molar-refractivity contribution in [3.8, 4) is 0 Å². The van der Waals surface area contributed by atoms with Crippen molar-refractivity contribution < 1.29 is 9.59 Å². The van der Waals surface area contributed by atoms with Gasteiger partial charge in [-0.1, -0.05) is 33.1 Å². The number of urea groups is 1. The topological polar surface area (TPSA) is 70.2 Å². The maximum absolute atomic E-state index is 12.2. The van der Waals surface area contributed by atoms with E-state index in [1.165, 1.54) is 24.2 Å². The highest BCUT2D eigenvalue weighted by atomic mass is 32.2. The maximum atomic E-state index is 12.2. The third-order valence-electron chi connectivity index (χ3n) is 5.19. The number of hydrogen-bond acceptors (Lipinski definition) is 3. The molecule has 0 radical (unpaired) electrons. The number of carbonyl (C=O) groups excluding carboxylic acids is 2. The van der Waals surface area contributed by atoms with Gasteiger partial charge in [-0.3, -0.25) is 4.79 Å². The first-order valence-corrected chi connectivity index (χ1v) is 11.5. The molecule has 5 nitrogen and oxygen atoms in total. The first-order chi connectivity index (χ1) is 13.5. The Balaban J connectivity index is 1.65. The standard InChI is InChI=1S/C22H35N3O2S/c1-4-17(3)28-19-12-13-20(16(2)15-19)25-21(26)11-8-14-23-22(27)24-18-9-6-5-7-10-18/h12-13,15,17-18H,4-11,14H2,1-3H3,(H,25,26)(H2,23,24,27). The Morgan fingerprint density at radius 2 is 1.96 bits per heavy atom. The molecule has 1 fully saturated rings. The number of nitrogens with one attached hydrogen (secondary N) is 3. The first kappa shape index (κ1) is 22.6. The average Bonchev–Trinajstić information content (AvgIpc) is 2.68. The number of hydrogen-bond donors (Lipinski definition) is 3. The molecule has 1 saturated carbocycles. The lowest BCUT2D eigenvalue weighted by Crippen LogP contribution is -2.43. The molecule has 1 atom stereocenters. The second-order valence-electron chi connectivity index (χ2n) is 7.70. The van der Waals surface area contributed by atoms with Gasteiger partial charge in [-0.15, -0.1) is 11.8 Å². The van der Waals surface area contributed by atoms with Crippen LogP contribution in [0, 0.1) is 6.92 Å². The van der Waals surface area contributed by atoms with Gasteiger partial charge in [0.1, 0.15) is 0 Å². The molecule has 0 spiro atoms. The predicted octanol–water partition coefficient (Wildman–Crippen LogP) is 5.24. The average molecular weight is 406 g/mol. The van der Waals surface area contributed by atoms with Crippen LogP contribution in [0.15, 0.2) is 23.1 Å². The molecule has 1 aromatic rings.